The number of rotatable bonds is 7. The van der Waals surface area contributed by atoms with Gasteiger partial charge in [0, 0.05) is 28.9 Å². The van der Waals surface area contributed by atoms with Crippen molar-refractivity contribution in [3.05, 3.63) is 76.4 Å². The summed E-state index contributed by atoms with van der Waals surface area (Å²) >= 11 is 0. The SMILES string of the molecule is Cc1[nH]c(C=C2C(=O)Nc3cccc(-c4cccc(F)c4)c32)c(CCCS(C)(=O)=O)c1C(=O)O. The quantitative estimate of drug-likeness (QED) is 0.434. The van der Waals surface area contributed by atoms with E-state index in [1.807, 2.05) is 0 Å². The van der Waals surface area contributed by atoms with E-state index in [2.05, 4.69) is 10.3 Å². The van der Waals surface area contributed by atoms with Gasteiger partial charge >= 0.3 is 5.97 Å². The van der Waals surface area contributed by atoms with Crippen molar-refractivity contribution in [1.29, 1.82) is 0 Å². The van der Waals surface area contributed by atoms with Gasteiger partial charge in [-0.25, -0.2) is 17.6 Å². The number of amides is 1. The second-order valence-corrected chi connectivity index (χ2v) is 10.6. The van der Waals surface area contributed by atoms with Crippen molar-refractivity contribution in [2.75, 3.05) is 17.3 Å². The van der Waals surface area contributed by atoms with Crippen LogP contribution in [-0.4, -0.2) is 42.4 Å². The molecular weight excluding hydrogens is 459 g/mol. The number of H-pyrrole nitrogens is 1. The van der Waals surface area contributed by atoms with Crippen molar-refractivity contribution in [2.24, 2.45) is 0 Å². The first-order valence-electron chi connectivity index (χ1n) is 10.6. The molecule has 7 nitrogen and oxygen atoms in total. The maximum Gasteiger partial charge on any atom is 0.337 e. The van der Waals surface area contributed by atoms with E-state index in [4.69, 9.17) is 0 Å². The Morgan fingerprint density at radius 1 is 1.18 bits per heavy atom. The largest absolute Gasteiger partial charge is 0.478 e. The Morgan fingerprint density at radius 3 is 2.59 bits per heavy atom. The van der Waals surface area contributed by atoms with Crippen LogP contribution in [0.1, 0.15) is 39.3 Å². The number of hydrogen-bond donors (Lipinski definition) is 3. The number of aromatic amines is 1. The molecule has 1 aliphatic heterocycles. The molecule has 0 spiro atoms. The first-order chi connectivity index (χ1) is 16.0. The van der Waals surface area contributed by atoms with E-state index in [1.54, 1.807) is 43.3 Å². The average molecular weight is 483 g/mol. The van der Waals surface area contributed by atoms with E-state index in [1.165, 1.54) is 12.1 Å². The van der Waals surface area contributed by atoms with Crippen molar-refractivity contribution < 1.29 is 27.5 Å². The van der Waals surface area contributed by atoms with E-state index in [0.717, 1.165) is 6.26 Å². The summed E-state index contributed by atoms with van der Waals surface area (Å²) in [4.78, 5) is 27.9. The average Bonchev–Trinajstić information content (AvgIpc) is 3.23. The van der Waals surface area contributed by atoms with Crippen molar-refractivity contribution >= 4 is 39.1 Å². The fourth-order valence-corrected chi connectivity index (χ4v) is 4.98. The highest BCUT2D eigenvalue weighted by molar-refractivity contribution is 7.90. The van der Waals surface area contributed by atoms with E-state index in [0.29, 0.717) is 44.9 Å². The number of benzene rings is 2. The molecule has 0 bridgehead atoms. The van der Waals surface area contributed by atoms with E-state index in [-0.39, 0.29) is 30.1 Å². The molecule has 3 aromatic rings. The molecule has 9 heteroatoms. The van der Waals surface area contributed by atoms with Crippen LogP contribution in [0.3, 0.4) is 0 Å². The number of hydrogen-bond acceptors (Lipinski definition) is 4. The Balaban J connectivity index is 1.85. The Kier molecular flexibility index (Phi) is 6.14. The molecule has 1 aromatic heterocycles. The van der Waals surface area contributed by atoms with Crippen molar-refractivity contribution in [3.8, 4) is 11.1 Å². The lowest BCUT2D eigenvalue weighted by atomic mass is 9.93. The van der Waals surface area contributed by atoms with Gasteiger partial charge < -0.3 is 15.4 Å². The van der Waals surface area contributed by atoms with Gasteiger partial charge in [0.2, 0.25) is 0 Å². The van der Waals surface area contributed by atoms with Gasteiger partial charge in [0.1, 0.15) is 15.7 Å². The molecule has 2 aromatic carbocycles. The highest BCUT2D eigenvalue weighted by atomic mass is 32.2. The van der Waals surface area contributed by atoms with Crippen LogP contribution in [0, 0.1) is 12.7 Å². The molecule has 0 saturated carbocycles. The highest BCUT2D eigenvalue weighted by Crippen LogP contribution is 2.41. The fourth-order valence-electron chi connectivity index (χ4n) is 4.31. The molecule has 0 fully saturated rings. The fraction of sp³-hybridized carbons (Fsp3) is 0.200. The maximum atomic E-state index is 13.9. The number of carboxylic acid groups (broad SMARTS) is 1. The molecule has 1 aliphatic rings. The maximum absolute atomic E-state index is 13.9. The summed E-state index contributed by atoms with van der Waals surface area (Å²) in [5.74, 6) is -1.99. The number of aryl methyl sites for hydroxylation is 1. The molecule has 0 radical (unpaired) electrons. The van der Waals surface area contributed by atoms with Crippen LogP contribution < -0.4 is 5.32 Å². The van der Waals surface area contributed by atoms with Gasteiger partial charge in [0.15, 0.2) is 0 Å². The van der Waals surface area contributed by atoms with Gasteiger partial charge in [0.25, 0.3) is 5.91 Å². The van der Waals surface area contributed by atoms with Gasteiger partial charge in [-0.15, -0.1) is 0 Å². The van der Waals surface area contributed by atoms with Crippen molar-refractivity contribution in [3.63, 3.8) is 0 Å². The molecule has 3 N–H and O–H groups in total. The molecule has 0 atom stereocenters. The standard InChI is InChI=1S/C25H23FN2O5S/c1-14-22(25(30)31)18(9-5-11-34(2,32)33)21(27-14)13-19-23-17(15-6-3-7-16(26)12-15)8-4-10-20(23)28-24(19)29/h3-4,6-8,10,12-13,27H,5,9,11H2,1-2H3,(H,28,29)(H,30,31). The van der Waals surface area contributed by atoms with Crippen LogP contribution in [0.15, 0.2) is 42.5 Å². The van der Waals surface area contributed by atoms with Gasteiger partial charge in [0.05, 0.1) is 16.9 Å². The van der Waals surface area contributed by atoms with E-state index < -0.39 is 21.6 Å². The molecule has 176 valence electrons. The summed E-state index contributed by atoms with van der Waals surface area (Å²) in [5.41, 5.74) is 4.05. The summed E-state index contributed by atoms with van der Waals surface area (Å²) in [7, 11) is -3.21. The van der Waals surface area contributed by atoms with Gasteiger partial charge in [-0.05, 0) is 60.7 Å². The zero-order valence-corrected chi connectivity index (χ0v) is 19.4. The topological polar surface area (TPSA) is 116 Å². The number of carboxylic acids is 1. The van der Waals surface area contributed by atoms with Crippen LogP contribution in [0.2, 0.25) is 0 Å². The Bertz CT molecular complexity index is 1450. The van der Waals surface area contributed by atoms with Gasteiger partial charge in [-0.2, -0.15) is 0 Å². The summed E-state index contributed by atoms with van der Waals surface area (Å²) in [5, 5.41) is 12.5. The molecule has 0 unspecified atom stereocenters. The van der Waals surface area contributed by atoms with Crippen LogP contribution in [0.25, 0.3) is 22.8 Å². The molecule has 34 heavy (non-hydrogen) atoms. The molecule has 0 aliphatic carbocycles. The normalized spacial score (nSPS) is 14.3. The molecular formula is C25H23FN2O5S. The predicted octanol–water partition coefficient (Wildman–Crippen LogP) is 4.30. The minimum absolute atomic E-state index is 0.0670. The summed E-state index contributed by atoms with van der Waals surface area (Å²) < 4.78 is 37.0. The van der Waals surface area contributed by atoms with Crippen LogP contribution >= 0.6 is 0 Å². The minimum Gasteiger partial charge on any atom is -0.478 e. The molecule has 4 rings (SSSR count). The zero-order valence-electron chi connectivity index (χ0n) is 18.6. The Labute approximate surface area is 196 Å². The number of carbonyl (C=O) groups is 2. The number of aromatic nitrogens is 1. The summed E-state index contributed by atoms with van der Waals surface area (Å²) in [6.07, 6.45) is 3.16. The lowest BCUT2D eigenvalue weighted by Gasteiger charge is -2.09. The van der Waals surface area contributed by atoms with Crippen LogP contribution in [-0.2, 0) is 21.1 Å². The number of nitrogens with one attached hydrogen (secondary N) is 2. The zero-order chi connectivity index (χ0) is 24.6. The van der Waals surface area contributed by atoms with E-state index >= 15 is 0 Å². The second kappa shape index (κ2) is 8.90. The lowest BCUT2D eigenvalue weighted by molar-refractivity contribution is -0.110. The monoisotopic (exact) mass is 482 g/mol. The number of fused-ring (bicyclic) bond motifs is 1. The predicted molar refractivity (Wildman–Crippen MR) is 129 cm³/mol. The molecule has 0 saturated heterocycles. The first-order valence-corrected chi connectivity index (χ1v) is 12.7. The van der Waals surface area contributed by atoms with Crippen LogP contribution in [0.4, 0.5) is 10.1 Å². The Morgan fingerprint density at radius 2 is 1.91 bits per heavy atom. The highest BCUT2D eigenvalue weighted by Gasteiger charge is 2.29. The number of anilines is 1. The number of carbonyl (C=O) groups excluding carboxylic acids is 1. The van der Waals surface area contributed by atoms with Crippen molar-refractivity contribution in [2.45, 2.75) is 19.8 Å². The second-order valence-electron chi connectivity index (χ2n) is 8.31. The third-order valence-electron chi connectivity index (χ3n) is 5.73. The summed E-state index contributed by atoms with van der Waals surface area (Å²) in [6.45, 7) is 1.62. The number of halogens is 1. The third kappa shape index (κ3) is 4.65. The third-order valence-corrected chi connectivity index (χ3v) is 6.76. The number of aromatic carboxylic acids is 1. The molecule has 1 amide bonds. The van der Waals surface area contributed by atoms with Crippen LogP contribution in [0.5, 0.6) is 0 Å². The van der Waals surface area contributed by atoms with Crippen molar-refractivity contribution in [1.82, 2.24) is 4.98 Å². The smallest absolute Gasteiger partial charge is 0.337 e. The molecule has 2 heterocycles. The van der Waals surface area contributed by atoms with Gasteiger partial charge in [-0.1, -0.05) is 24.3 Å². The first kappa shape index (κ1) is 23.4. The number of sulfone groups is 1. The van der Waals surface area contributed by atoms with Gasteiger partial charge in [-0.3, -0.25) is 4.79 Å². The lowest BCUT2D eigenvalue weighted by Crippen LogP contribution is -2.07. The summed E-state index contributed by atoms with van der Waals surface area (Å²) in [6, 6.07) is 11.4. The van der Waals surface area contributed by atoms with E-state index in [9.17, 15) is 27.5 Å². The minimum atomic E-state index is -3.21. The Hall–Kier alpha value is -3.72.